The molecule has 6 heteroatoms. The van der Waals surface area contributed by atoms with Crippen molar-refractivity contribution in [1.29, 1.82) is 0 Å². The number of ether oxygens (including phenoxy) is 1. The first-order chi connectivity index (χ1) is 11.7. The number of carbonyl (C=O) groups excluding carboxylic acids is 2. The van der Waals surface area contributed by atoms with E-state index in [4.69, 9.17) is 4.74 Å². The monoisotopic (exact) mass is 327 g/mol. The van der Waals surface area contributed by atoms with E-state index in [1.807, 2.05) is 24.4 Å². The normalized spacial score (nSPS) is 17.5. The second-order valence-corrected chi connectivity index (χ2v) is 5.84. The number of rotatable bonds is 4. The maximum Gasteiger partial charge on any atom is 0.310 e. The molecule has 0 N–H and O–H groups in total. The van der Waals surface area contributed by atoms with Crippen LogP contribution in [-0.4, -0.2) is 46.3 Å². The molecule has 0 bridgehead atoms. The average Bonchev–Trinajstić information content (AvgIpc) is 3.16. The molecule has 2 heterocycles. The summed E-state index contributed by atoms with van der Waals surface area (Å²) in [5.74, 6) is -0.467. The predicted octanol–water partition coefficient (Wildman–Crippen LogP) is 2.29. The first-order valence-corrected chi connectivity index (χ1v) is 8.25. The maximum atomic E-state index is 12.7. The number of esters is 1. The number of likely N-dealkylation sites (tertiary alicyclic amines) is 1. The minimum atomic E-state index is -0.217. The molecule has 0 spiro atoms. The second-order valence-electron chi connectivity index (χ2n) is 5.84. The molecule has 0 saturated carbocycles. The minimum absolute atomic E-state index is 0.0454. The van der Waals surface area contributed by atoms with E-state index < -0.39 is 0 Å². The zero-order valence-corrected chi connectivity index (χ0v) is 13.7. The molecule has 1 fully saturated rings. The van der Waals surface area contributed by atoms with Gasteiger partial charge in [-0.05, 0) is 50.1 Å². The van der Waals surface area contributed by atoms with Gasteiger partial charge < -0.3 is 9.64 Å². The van der Waals surface area contributed by atoms with E-state index in [0.29, 0.717) is 25.3 Å². The predicted molar refractivity (Wildman–Crippen MR) is 88.8 cm³/mol. The summed E-state index contributed by atoms with van der Waals surface area (Å²) in [6.45, 7) is 3.27. The Morgan fingerprint density at radius 1 is 1.29 bits per heavy atom. The standard InChI is InChI=1S/C18H21N3O3/c1-2-24-18(23)15-5-3-11-20(13-15)17(22)14-6-8-16(9-7-14)21-12-4-10-19-21/h4,6-10,12,15H,2-3,5,11,13H2,1H3/t15-/m1/s1. The van der Waals surface area contributed by atoms with Crippen LogP contribution in [0.15, 0.2) is 42.7 Å². The van der Waals surface area contributed by atoms with Crippen molar-refractivity contribution in [1.82, 2.24) is 14.7 Å². The SMILES string of the molecule is CCOC(=O)[C@@H]1CCCN(C(=O)c2ccc(-n3cccn3)cc2)C1. The molecule has 3 rings (SSSR count). The van der Waals surface area contributed by atoms with Crippen molar-refractivity contribution in [3.63, 3.8) is 0 Å². The molecule has 0 unspecified atom stereocenters. The molecule has 1 atom stereocenters. The van der Waals surface area contributed by atoms with Crippen LogP contribution < -0.4 is 0 Å². The molecule has 0 radical (unpaired) electrons. The van der Waals surface area contributed by atoms with Crippen LogP contribution in [0.1, 0.15) is 30.1 Å². The van der Waals surface area contributed by atoms with Crippen LogP contribution >= 0.6 is 0 Å². The number of amides is 1. The topological polar surface area (TPSA) is 64.4 Å². The summed E-state index contributed by atoms with van der Waals surface area (Å²) in [5.41, 5.74) is 1.52. The number of aromatic nitrogens is 2. The molecule has 1 aromatic carbocycles. The Morgan fingerprint density at radius 3 is 2.75 bits per heavy atom. The first kappa shape index (κ1) is 16.2. The van der Waals surface area contributed by atoms with Gasteiger partial charge in [0, 0.05) is 31.0 Å². The van der Waals surface area contributed by atoms with Crippen LogP contribution in [0, 0.1) is 5.92 Å². The molecule has 0 aliphatic carbocycles. The number of benzene rings is 1. The summed E-state index contributed by atoms with van der Waals surface area (Å²) >= 11 is 0. The van der Waals surface area contributed by atoms with Gasteiger partial charge in [-0.1, -0.05) is 0 Å². The Bertz CT molecular complexity index is 695. The smallest absolute Gasteiger partial charge is 0.310 e. The first-order valence-electron chi connectivity index (χ1n) is 8.25. The van der Waals surface area contributed by atoms with Crippen LogP contribution in [0.5, 0.6) is 0 Å². The van der Waals surface area contributed by atoms with E-state index in [9.17, 15) is 9.59 Å². The molecule has 1 aliphatic heterocycles. The molecule has 126 valence electrons. The fourth-order valence-electron chi connectivity index (χ4n) is 2.97. The third-order valence-corrected chi connectivity index (χ3v) is 4.21. The number of piperidine rings is 1. The number of nitrogens with zero attached hydrogens (tertiary/aromatic N) is 3. The molecule has 2 aromatic rings. The van der Waals surface area contributed by atoms with E-state index in [1.54, 1.807) is 34.8 Å². The summed E-state index contributed by atoms with van der Waals surface area (Å²) in [4.78, 5) is 26.3. The number of hydrogen-bond donors (Lipinski definition) is 0. The highest BCUT2D eigenvalue weighted by Gasteiger charge is 2.29. The zero-order chi connectivity index (χ0) is 16.9. The Labute approximate surface area is 141 Å². The lowest BCUT2D eigenvalue weighted by molar-refractivity contribution is -0.149. The van der Waals surface area contributed by atoms with Crippen molar-refractivity contribution in [2.75, 3.05) is 19.7 Å². The molecule has 1 amide bonds. The molecule has 6 nitrogen and oxygen atoms in total. The van der Waals surface area contributed by atoms with Gasteiger partial charge in [-0.15, -0.1) is 0 Å². The second kappa shape index (κ2) is 7.29. The average molecular weight is 327 g/mol. The van der Waals surface area contributed by atoms with Crippen molar-refractivity contribution in [3.05, 3.63) is 48.3 Å². The quantitative estimate of drug-likeness (QED) is 0.808. The van der Waals surface area contributed by atoms with Gasteiger partial charge in [0.25, 0.3) is 5.91 Å². The molecule has 24 heavy (non-hydrogen) atoms. The van der Waals surface area contributed by atoms with Gasteiger partial charge in [0.05, 0.1) is 18.2 Å². The lowest BCUT2D eigenvalue weighted by Crippen LogP contribution is -2.42. The maximum absolute atomic E-state index is 12.7. The van der Waals surface area contributed by atoms with Gasteiger partial charge in [0.2, 0.25) is 0 Å². The summed E-state index contributed by atoms with van der Waals surface area (Å²) < 4.78 is 6.83. The van der Waals surface area contributed by atoms with E-state index in [2.05, 4.69) is 5.10 Å². The highest BCUT2D eigenvalue weighted by molar-refractivity contribution is 5.94. The van der Waals surface area contributed by atoms with Crippen LogP contribution in [0.25, 0.3) is 5.69 Å². The molecule has 1 aliphatic rings. The van der Waals surface area contributed by atoms with Crippen molar-refractivity contribution in [2.24, 2.45) is 5.92 Å². The largest absolute Gasteiger partial charge is 0.466 e. The van der Waals surface area contributed by atoms with Crippen LogP contribution in [0.2, 0.25) is 0 Å². The van der Waals surface area contributed by atoms with E-state index in [1.165, 1.54) is 0 Å². The van der Waals surface area contributed by atoms with E-state index >= 15 is 0 Å². The van der Waals surface area contributed by atoms with Crippen molar-refractivity contribution >= 4 is 11.9 Å². The summed E-state index contributed by atoms with van der Waals surface area (Å²) in [6, 6.07) is 9.18. The lowest BCUT2D eigenvalue weighted by Gasteiger charge is -2.31. The van der Waals surface area contributed by atoms with E-state index in [0.717, 1.165) is 18.5 Å². The van der Waals surface area contributed by atoms with Crippen molar-refractivity contribution < 1.29 is 14.3 Å². The Balaban J connectivity index is 1.68. The number of hydrogen-bond acceptors (Lipinski definition) is 4. The fraction of sp³-hybridized carbons (Fsp3) is 0.389. The van der Waals surface area contributed by atoms with Gasteiger partial charge in [-0.25, -0.2) is 4.68 Å². The Morgan fingerprint density at radius 2 is 2.08 bits per heavy atom. The zero-order valence-electron chi connectivity index (χ0n) is 13.7. The number of carbonyl (C=O) groups is 2. The highest BCUT2D eigenvalue weighted by Crippen LogP contribution is 2.20. The Kier molecular flexibility index (Phi) is 4.93. The highest BCUT2D eigenvalue weighted by atomic mass is 16.5. The van der Waals surface area contributed by atoms with Gasteiger partial charge in [-0.2, -0.15) is 5.10 Å². The fourth-order valence-corrected chi connectivity index (χ4v) is 2.97. The van der Waals surface area contributed by atoms with Gasteiger partial charge in [-0.3, -0.25) is 9.59 Å². The van der Waals surface area contributed by atoms with Gasteiger partial charge >= 0.3 is 5.97 Å². The third-order valence-electron chi connectivity index (χ3n) is 4.21. The summed E-state index contributed by atoms with van der Waals surface area (Å²) in [7, 11) is 0. The molecule has 1 saturated heterocycles. The van der Waals surface area contributed by atoms with Gasteiger partial charge in [0.1, 0.15) is 0 Å². The summed E-state index contributed by atoms with van der Waals surface area (Å²) in [5, 5.41) is 4.17. The molecule has 1 aromatic heterocycles. The van der Waals surface area contributed by atoms with Crippen LogP contribution in [0.3, 0.4) is 0 Å². The van der Waals surface area contributed by atoms with Gasteiger partial charge in [0.15, 0.2) is 0 Å². The summed E-state index contributed by atoms with van der Waals surface area (Å²) in [6.07, 6.45) is 5.16. The minimum Gasteiger partial charge on any atom is -0.466 e. The third kappa shape index (κ3) is 3.48. The van der Waals surface area contributed by atoms with Crippen LogP contribution in [-0.2, 0) is 9.53 Å². The van der Waals surface area contributed by atoms with Crippen LogP contribution in [0.4, 0.5) is 0 Å². The van der Waals surface area contributed by atoms with Crippen molar-refractivity contribution in [3.8, 4) is 5.69 Å². The Hall–Kier alpha value is -2.63. The molecular weight excluding hydrogens is 306 g/mol. The van der Waals surface area contributed by atoms with E-state index in [-0.39, 0.29) is 17.8 Å². The molecular formula is C18H21N3O3. The lowest BCUT2D eigenvalue weighted by atomic mass is 9.97. The van der Waals surface area contributed by atoms with Crippen molar-refractivity contribution in [2.45, 2.75) is 19.8 Å².